The van der Waals surface area contributed by atoms with E-state index in [0.29, 0.717) is 37.7 Å². The number of aryl methyl sites for hydroxylation is 1. The molecule has 0 amide bonds. The maximum atomic E-state index is 12.2. The molecule has 130 valence electrons. The highest BCUT2D eigenvalue weighted by Crippen LogP contribution is 2.27. The Balaban J connectivity index is 1.32. The van der Waals surface area contributed by atoms with Gasteiger partial charge in [-0.1, -0.05) is 17.3 Å². The molecule has 7 heteroatoms. The molecule has 0 saturated carbocycles. The van der Waals surface area contributed by atoms with E-state index in [1.165, 1.54) is 0 Å². The molecular formula is C18H19N3O4. The molecule has 1 fully saturated rings. The van der Waals surface area contributed by atoms with Gasteiger partial charge in [-0.15, -0.1) is 0 Å². The fourth-order valence-electron chi connectivity index (χ4n) is 3.05. The molecule has 7 nitrogen and oxygen atoms in total. The molecule has 0 N–H and O–H groups in total. The summed E-state index contributed by atoms with van der Waals surface area (Å²) >= 11 is 0. The number of aromatic nitrogens is 2. The average molecular weight is 341 g/mol. The summed E-state index contributed by atoms with van der Waals surface area (Å²) in [6, 6.07) is 10.1. The molecule has 0 radical (unpaired) electrons. The van der Waals surface area contributed by atoms with E-state index in [4.69, 9.17) is 13.7 Å². The third-order valence-corrected chi connectivity index (χ3v) is 4.41. The van der Waals surface area contributed by atoms with E-state index in [9.17, 15) is 4.79 Å². The lowest BCUT2D eigenvalue weighted by atomic mass is 9.97. The second-order valence-corrected chi connectivity index (χ2v) is 6.27. The van der Waals surface area contributed by atoms with Gasteiger partial charge in [0.1, 0.15) is 5.52 Å². The van der Waals surface area contributed by atoms with E-state index in [1.54, 1.807) is 6.07 Å². The molecule has 3 aromatic rings. The summed E-state index contributed by atoms with van der Waals surface area (Å²) in [5, 5.41) is 3.78. The first-order valence-electron chi connectivity index (χ1n) is 8.38. The van der Waals surface area contributed by atoms with Crippen LogP contribution >= 0.6 is 0 Å². The molecule has 0 atom stereocenters. The van der Waals surface area contributed by atoms with Crippen molar-refractivity contribution in [2.45, 2.75) is 26.4 Å². The first-order chi connectivity index (χ1) is 12.2. The Morgan fingerprint density at radius 3 is 2.84 bits per heavy atom. The summed E-state index contributed by atoms with van der Waals surface area (Å²) in [6.07, 6.45) is 1.43. The number of para-hydroxylation sites is 2. The van der Waals surface area contributed by atoms with Crippen molar-refractivity contribution in [2.24, 2.45) is 5.92 Å². The lowest BCUT2D eigenvalue weighted by molar-refractivity contribution is -0.151. The van der Waals surface area contributed by atoms with E-state index < -0.39 is 0 Å². The van der Waals surface area contributed by atoms with Gasteiger partial charge in [-0.05, 0) is 31.9 Å². The smallest absolute Gasteiger partial charge is 0.309 e. The summed E-state index contributed by atoms with van der Waals surface area (Å²) in [6.45, 7) is 3.39. The quantitative estimate of drug-likeness (QED) is 0.674. The molecule has 0 bridgehead atoms. The summed E-state index contributed by atoms with van der Waals surface area (Å²) in [5.41, 5.74) is 2.40. The lowest BCUT2D eigenvalue weighted by Crippen LogP contribution is -2.37. The largest absolute Gasteiger partial charge is 0.457 e. The van der Waals surface area contributed by atoms with Crippen LogP contribution in [0, 0.1) is 12.8 Å². The van der Waals surface area contributed by atoms with E-state index in [2.05, 4.69) is 15.0 Å². The van der Waals surface area contributed by atoms with Crippen molar-refractivity contribution < 1.29 is 18.5 Å². The monoisotopic (exact) mass is 341 g/mol. The number of piperidine rings is 1. The van der Waals surface area contributed by atoms with E-state index in [-0.39, 0.29) is 18.5 Å². The van der Waals surface area contributed by atoms with Gasteiger partial charge in [0.05, 0.1) is 11.6 Å². The third kappa shape index (κ3) is 3.35. The number of benzene rings is 1. The van der Waals surface area contributed by atoms with Crippen LogP contribution in [0.15, 0.2) is 39.3 Å². The molecule has 1 aromatic carbocycles. The molecule has 2 aromatic heterocycles. The average Bonchev–Trinajstić information content (AvgIpc) is 3.25. The van der Waals surface area contributed by atoms with Gasteiger partial charge in [-0.25, -0.2) is 0 Å². The second-order valence-electron chi connectivity index (χ2n) is 6.27. The molecule has 3 heterocycles. The molecule has 0 unspecified atom stereocenters. The first kappa shape index (κ1) is 15.7. The Bertz CT molecular complexity index is 844. The number of hydrogen-bond donors (Lipinski definition) is 0. The Morgan fingerprint density at radius 2 is 2.12 bits per heavy atom. The Morgan fingerprint density at radius 1 is 1.32 bits per heavy atom. The number of oxazole rings is 1. The van der Waals surface area contributed by atoms with Crippen molar-refractivity contribution in [2.75, 3.05) is 18.0 Å². The van der Waals surface area contributed by atoms with Crippen molar-refractivity contribution in [1.82, 2.24) is 10.1 Å². The first-order valence-corrected chi connectivity index (χ1v) is 8.38. The highest BCUT2D eigenvalue weighted by atomic mass is 16.5. The number of rotatable bonds is 4. The van der Waals surface area contributed by atoms with Crippen molar-refractivity contribution in [3.05, 3.63) is 41.8 Å². The molecule has 1 saturated heterocycles. The molecule has 1 aliphatic rings. The zero-order valence-electron chi connectivity index (χ0n) is 14.0. The van der Waals surface area contributed by atoms with Gasteiger partial charge in [0.2, 0.25) is 0 Å². The fourth-order valence-corrected chi connectivity index (χ4v) is 3.05. The number of anilines is 1. The van der Waals surface area contributed by atoms with Gasteiger partial charge >= 0.3 is 5.97 Å². The van der Waals surface area contributed by atoms with Crippen LogP contribution in [0.3, 0.4) is 0 Å². The molecule has 4 rings (SSSR count). The molecular weight excluding hydrogens is 322 g/mol. The Hall–Kier alpha value is -2.83. The maximum absolute atomic E-state index is 12.2. The zero-order valence-corrected chi connectivity index (χ0v) is 14.0. The third-order valence-electron chi connectivity index (χ3n) is 4.41. The summed E-state index contributed by atoms with van der Waals surface area (Å²) in [4.78, 5) is 18.8. The van der Waals surface area contributed by atoms with Crippen LogP contribution in [0.2, 0.25) is 0 Å². The van der Waals surface area contributed by atoms with Gasteiger partial charge in [0.25, 0.3) is 6.01 Å². The number of fused-ring (bicyclic) bond motifs is 1. The van der Waals surface area contributed by atoms with Crippen LogP contribution < -0.4 is 4.90 Å². The van der Waals surface area contributed by atoms with Gasteiger partial charge in [-0.3, -0.25) is 4.79 Å². The lowest BCUT2D eigenvalue weighted by Gasteiger charge is -2.29. The maximum Gasteiger partial charge on any atom is 0.309 e. The highest BCUT2D eigenvalue weighted by Gasteiger charge is 2.28. The normalized spacial score (nSPS) is 15.6. The van der Waals surface area contributed by atoms with Gasteiger partial charge in [0.15, 0.2) is 18.0 Å². The zero-order chi connectivity index (χ0) is 17.2. The van der Waals surface area contributed by atoms with Crippen LogP contribution in [0.5, 0.6) is 0 Å². The highest BCUT2D eigenvalue weighted by molar-refractivity contribution is 5.75. The molecule has 1 aliphatic heterocycles. The summed E-state index contributed by atoms with van der Waals surface area (Å²) < 4.78 is 16.2. The van der Waals surface area contributed by atoms with E-state index >= 15 is 0 Å². The van der Waals surface area contributed by atoms with Crippen LogP contribution in [-0.4, -0.2) is 29.2 Å². The summed E-state index contributed by atoms with van der Waals surface area (Å²) in [5.74, 6) is 0.269. The Kier molecular flexibility index (Phi) is 4.13. The number of carbonyl (C=O) groups is 1. The number of esters is 1. The van der Waals surface area contributed by atoms with Crippen molar-refractivity contribution in [3.63, 3.8) is 0 Å². The molecule has 0 aliphatic carbocycles. The molecule has 25 heavy (non-hydrogen) atoms. The van der Waals surface area contributed by atoms with Crippen LogP contribution in [-0.2, 0) is 16.1 Å². The van der Waals surface area contributed by atoms with Gasteiger partial charge in [0, 0.05) is 19.2 Å². The van der Waals surface area contributed by atoms with Crippen molar-refractivity contribution >= 4 is 23.1 Å². The minimum atomic E-state index is -0.189. The van der Waals surface area contributed by atoms with Crippen LogP contribution in [0.25, 0.3) is 11.1 Å². The predicted octanol–water partition coefficient (Wildman–Crippen LogP) is 3.08. The SMILES string of the molecule is Cc1cc(COC(=O)C2CCN(c3nc4ccccc4o3)CC2)on1. The number of nitrogens with zero attached hydrogens (tertiary/aromatic N) is 3. The minimum absolute atomic E-state index is 0.107. The van der Waals surface area contributed by atoms with Gasteiger partial charge < -0.3 is 18.6 Å². The van der Waals surface area contributed by atoms with Crippen molar-refractivity contribution in [1.29, 1.82) is 0 Å². The van der Waals surface area contributed by atoms with Gasteiger partial charge in [-0.2, -0.15) is 4.98 Å². The van der Waals surface area contributed by atoms with Crippen LogP contribution in [0.4, 0.5) is 6.01 Å². The number of carbonyl (C=O) groups excluding carboxylic acids is 1. The standard InChI is InChI=1S/C18H19N3O4/c1-12-10-14(25-20-12)11-23-17(22)13-6-8-21(9-7-13)18-19-15-4-2-3-5-16(15)24-18/h2-5,10,13H,6-9,11H2,1H3. The topological polar surface area (TPSA) is 81.6 Å². The second kappa shape index (κ2) is 6.58. The minimum Gasteiger partial charge on any atom is -0.457 e. The fraction of sp³-hybridized carbons (Fsp3) is 0.389. The predicted molar refractivity (Wildman–Crippen MR) is 90.0 cm³/mol. The Labute approximate surface area is 144 Å². The van der Waals surface area contributed by atoms with E-state index in [0.717, 1.165) is 16.8 Å². The van der Waals surface area contributed by atoms with Crippen LogP contribution in [0.1, 0.15) is 24.3 Å². The number of ether oxygens (including phenoxy) is 1. The van der Waals surface area contributed by atoms with E-state index in [1.807, 2.05) is 31.2 Å². The molecule has 0 spiro atoms. The number of hydrogen-bond acceptors (Lipinski definition) is 7. The summed E-state index contributed by atoms with van der Waals surface area (Å²) in [7, 11) is 0. The van der Waals surface area contributed by atoms with Crippen molar-refractivity contribution in [3.8, 4) is 0 Å².